The second-order valence-corrected chi connectivity index (χ2v) is 66.7. The third-order valence-electron chi connectivity index (χ3n) is 34.7. The summed E-state index contributed by atoms with van der Waals surface area (Å²) < 4.78 is 0. The molecular weight excluding hydrogens is 1540 g/mol. The third-order valence-corrected chi connectivity index (χ3v) is 49.0. The summed E-state index contributed by atoms with van der Waals surface area (Å²) in [4.78, 5) is 0. The van der Waals surface area contributed by atoms with Crippen molar-refractivity contribution in [2.24, 2.45) is 82.9 Å². The molecule has 0 aliphatic heterocycles. The predicted octanol–water partition coefficient (Wildman–Crippen LogP) is 28.7. The molecule has 8 heteroatoms. The summed E-state index contributed by atoms with van der Waals surface area (Å²) in [6, 6.07) is 36.5. The van der Waals surface area contributed by atoms with E-state index in [0.29, 0.717) is 22.2 Å². The molecule has 14 rings (SSSR count). The number of allylic oxidation sites excluding steroid dienone is 8. The van der Waals surface area contributed by atoms with Crippen LogP contribution in [0.4, 0.5) is 0 Å². The topological polar surface area (TPSA) is 0 Å². The molecule has 0 spiro atoms. The average molecular weight is 1720 g/mol. The van der Waals surface area contributed by atoms with Gasteiger partial charge in [0.15, 0.2) is 7.38 Å². The zero-order valence-corrected chi connectivity index (χ0v) is 89.2. The number of halogens is 1. The van der Waals surface area contributed by atoms with Gasteiger partial charge in [-0.1, -0.05) is 443 Å². The van der Waals surface area contributed by atoms with Crippen LogP contribution >= 0.6 is 11.1 Å². The van der Waals surface area contributed by atoms with Crippen molar-refractivity contribution in [2.75, 3.05) is 0 Å². The maximum Gasteiger partial charge on any atom is 1.00 e. The van der Waals surface area contributed by atoms with Gasteiger partial charge in [-0.3, -0.25) is 0 Å². The van der Waals surface area contributed by atoms with E-state index >= 15 is 0 Å². The number of unbranched alkanes of at least 4 members (excludes halogenated alkanes) is 5. The fraction of sp³-hybridized carbons (Fsp3) is 0.719. The van der Waals surface area contributed by atoms with Crippen molar-refractivity contribution in [2.45, 2.75) is 439 Å². The van der Waals surface area contributed by atoms with Crippen LogP contribution in [0, 0.1) is 82.9 Å². The standard InChI is InChI=1S/C29H54Si.C29H38Si.C20H32Si.C19H29ClSi.C17H32.3Li/c2*1-6-8-13-22(7-2)19-23-20-29(27-17-12-10-15-25(23)27)30(4,5)28-18-21(3)24-14-9-11-16-26(24)28;1-6-8-11-16(7-2)14-17-15-20(21(3,4)5)19-13-10-9-12-18(17)19;1-5-7-10-15(6-2)13-16-14-19(21(3,4)20)18-12-9-8-11-17(16)18;1-3-5-8-14(4-2)13-16-12-11-15-9-6-7-10-17(15)16;;;/h21-29H,6-20H2,1-5H3;9-12,14-18,20,22,28-29H,6-8,13,19H2,1-5H3;9-10,12-13,15-16,20H,6-8,11,14H2,1-5H3;8-9,11-12,14-15,19H,5-7,10,13H2,1-4H3;14-17H,3-13H2,1-2H3;;;/q;;;;;3*+1. The third kappa shape index (κ3) is 28.0. The van der Waals surface area contributed by atoms with E-state index in [-0.39, 0.29) is 56.6 Å². The Hall–Kier alpha value is -1.21. The second kappa shape index (κ2) is 52.3. The van der Waals surface area contributed by atoms with E-state index in [1.165, 1.54) is 189 Å². The summed E-state index contributed by atoms with van der Waals surface area (Å²) in [7, 11) is -5.77. The van der Waals surface area contributed by atoms with Gasteiger partial charge in [0.1, 0.15) is 0 Å². The van der Waals surface area contributed by atoms with Crippen LogP contribution in [0.2, 0.25) is 70.0 Å². The van der Waals surface area contributed by atoms with Gasteiger partial charge in [0.05, 0.1) is 24.2 Å². The van der Waals surface area contributed by atoms with Gasteiger partial charge in [-0.25, -0.2) is 0 Å². The minimum Gasteiger partial charge on any atom is -0.167 e. The Bertz CT molecular complexity index is 3720. The summed E-state index contributed by atoms with van der Waals surface area (Å²) >= 11 is 6.78. The maximum atomic E-state index is 6.78. The molecule has 122 heavy (non-hydrogen) atoms. The maximum absolute atomic E-state index is 6.78. The van der Waals surface area contributed by atoms with Crippen molar-refractivity contribution < 1.29 is 56.6 Å². The molecule has 0 radical (unpaired) electrons. The minimum atomic E-state index is -1.71. The van der Waals surface area contributed by atoms with Gasteiger partial charge < -0.3 is 0 Å². The van der Waals surface area contributed by atoms with E-state index in [1.54, 1.807) is 141 Å². The normalized spacial score (nSPS) is 27.1. The average Bonchev–Trinajstić information content (AvgIpc) is 1.60. The molecule has 0 nitrogen and oxygen atoms in total. The van der Waals surface area contributed by atoms with Crippen molar-refractivity contribution in [1.82, 2.24) is 0 Å². The van der Waals surface area contributed by atoms with Crippen LogP contribution in [0.3, 0.4) is 0 Å². The Balaban J connectivity index is 0.000000212. The molecule has 4 aromatic rings. The van der Waals surface area contributed by atoms with Crippen LogP contribution in [0.5, 0.6) is 0 Å². The van der Waals surface area contributed by atoms with Gasteiger partial charge >= 0.3 is 56.6 Å². The Labute approximate surface area is 801 Å². The van der Waals surface area contributed by atoms with E-state index < -0.39 is 31.6 Å². The number of hydrogen-bond donors (Lipinski definition) is 0. The molecule has 20 unspecified atom stereocenters. The van der Waals surface area contributed by atoms with Crippen LogP contribution in [-0.4, -0.2) is 31.6 Å². The van der Waals surface area contributed by atoms with Gasteiger partial charge in [0.2, 0.25) is 0 Å². The largest absolute Gasteiger partial charge is 1.00 e. The number of hydrogen-bond acceptors (Lipinski definition) is 0. The van der Waals surface area contributed by atoms with Gasteiger partial charge in [0.25, 0.3) is 0 Å². The van der Waals surface area contributed by atoms with Crippen molar-refractivity contribution >= 4 is 65.0 Å². The summed E-state index contributed by atoms with van der Waals surface area (Å²) in [5.74, 6) is 14.6. The van der Waals surface area contributed by atoms with E-state index in [1.807, 2.05) is 0 Å². The summed E-state index contributed by atoms with van der Waals surface area (Å²) in [6.45, 7) is 51.6. The molecule has 0 amide bonds. The molecule has 0 saturated heterocycles. The van der Waals surface area contributed by atoms with Gasteiger partial charge in [0, 0.05) is 5.54 Å². The van der Waals surface area contributed by atoms with Gasteiger partial charge in [-0.05, 0) is 261 Å². The van der Waals surface area contributed by atoms with E-state index in [4.69, 9.17) is 11.1 Å². The Morgan fingerprint density at radius 1 is 0.336 bits per heavy atom. The molecule has 0 bridgehead atoms. The van der Waals surface area contributed by atoms with E-state index in [2.05, 4.69) is 263 Å². The van der Waals surface area contributed by atoms with Crippen molar-refractivity contribution in [3.05, 3.63) is 166 Å². The molecule has 0 aromatic heterocycles. The zero-order chi connectivity index (χ0) is 85.6. The van der Waals surface area contributed by atoms with Crippen molar-refractivity contribution in [3.8, 4) is 0 Å². The number of fused-ring (bicyclic) bond motifs is 7. The summed E-state index contributed by atoms with van der Waals surface area (Å²) in [5, 5.41) is 0. The monoisotopic (exact) mass is 1720 g/mol. The molecule has 20 atom stereocenters. The first-order valence-electron chi connectivity index (χ1n) is 52.1. The van der Waals surface area contributed by atoms with E-state index in [9.17, 15) is 0 Å². The van der Waals surface area contributed by atoms with Crippen molar-refractivity contribution in [1.29, 1.82) is 0 Å². The Morgan fingerprint density at radius 2 is 0.672 bits per heavy atom. The number of rotatable bonds is 36. The number of benzene rings is 4. The van der Waals surface area contributed by atoms with Crippen LogP contribution in [-0.2, 0) is 0 Å². The first-order chi connectivity index (χ1) is 57.2. The molecule has 664 valence electrons. The van der Waals surface area contributed by atoms with Gasteiger partial charge in [-0.2, -0.15) is 11.1 Å². The van der Waals surface area contributed by atoms with Crippen LogP contribution in [0.25, 0.3) is 22.3 Å². The second-order valence-electron chi connectivity index (χ2n) is 44.6. The smallest absolute Gasteiger partial charge is 0.167 e. The Kier molecular flexibility index (Phi) is 46.2. The molecule has 6 saturated carbocycles. The first kappa shape index (κ1) is 108. The molecular formula is C114H185ClLi3Si4+3. The van der Waals surface area contributed by atoms with Crippen LogP contribution in [0.1, 0.15) is 413 Å². The van der Waals surface area contributed by atoms with Crippen molar-refractivity contribution in [3.63, 3.8) is 0 Å². The quantitative estimate of drug-likeness (QED) is 0.0314. The summed E-state index contributed by atoms with van der Waals surface area (Å²) in [5.41, 5.74) is 23.3. The molecule has 0 heterocycles. The summed E-state index contributed by atoms with van der Waals surface area (Å²) in [6.07, 6.45) is 70.1. The van der Waals surface area contributed by atoms with E-state index in [0.717, 1.165) is 93.9 Å². The molecule has 6 fully saturated rings. The first-order valence-corrected chi connectivity index (χ1v) is 66.1. The fourth-order valence-corrected chi connectivity index (χ4v) is 40.5. The van der Waals surface area contributed by atoms with Crippen LogP contribution < -0.4 is 56.6 Å². The molecule has 10 aliphatic rings. The zero-order valence-electron chi connectivity index (χ0n) is 84.5. The minimum absolute atomic E-state index is 0. The molecule has 0 N–H and O–H groups in total. The van der Waals surface area contributed by atoms with Crippen LogP contribution in [0.15, 0.2) is 121 Å². The molecule has 4 aromatic carbocycles. The Morgan fingerprint density at radius 3 is 1.11 bits per heavy atom. The SMILES string of the molecule is CCCCC(CC)CC1=CC([Si](C)(C)C)c2ccccc21.CCCCC(CC)CC1=CC([Si](C)(C)C2C=C(C)c3ccccc32)c2ccccc21.CCCCC(CC)CC1=CC([Si](C)(C)Cl)c2ccccc21.CCCCC(CC)CC1CC([Si](C)(C)C2CC(C)C3CCCCC32)C2CCCCC12.CCCCC(CC)CC1CCC2CCCCC21.[Li+].[Li+].[Li+]. The fourth-order valence-electron chi connectivity index (χ4n) is 27.2. The van der Waals surface area contributed by atoms with Gasteiger partial charge in [-0.15, -0.1) is 0 Å². The predicted molar refractivity (Wildman–Crippen MR) is 544 cm³/mol. The molecule has 10 aliphatic carbocycles.